The van der Waals surface area contributed by atoms with Gasteiger partial charge in [-0.05, 0) is 86.6 Å². The number of aryl methyl sites for hydroxylation is 1. The average molecular weight is 564 g/mol. The van der Waals surface area contributed by atoms with Gasteiger partial charge < -0.3 is 15.4 Å². The SMILES string of the molecule is Cc1cc(CO)ccc1-c1cc2ccc(S(=O)(=O)NC3CCC(C(=O)N[C@H](C)c4ccc(F)cc4)CC3)cc2[nH]1. The molecule has 0 unspecified atom stereocenters. The molecule has 5 rings (SSSR count). The van der Waals surface area contributed by atoms with Crippen molar-refractivity contribution < 1.29 is 22.7 Å². The Morgan fingerprint density at radius 3 is 2.42 bits per heavy atom. The van der Waals surface area contributed by atoms with Crippen LogP contribution in [0.3, 0.4) is 0 Å². The molecule has 9 heteroatoms. The van der Waals surface area contributed by atoms with E-state index in [9.17, 15) is 22.7 Å². The van der Waals surface area contributed by atoms with Crippen LogP contribution in [0.25, 0.3) is 22.2 Å². The van der Waals surface area contributed by atoms with E-state index in [2.05, 4.69) is 15.0 Å². The van der Waals surface area contributed by atoms with E-state index >= 15 is 0 Å². The number of aliphatic hydroxyl groups excluding tert-OH is 1. The molecule has 3 aromatic carbocycles. The van der Waals surface area contributed by atoms with Gasteiger partial charge in [0.15, 0.2) is 0 Å². The minimum atomic E-state index is -3.75. The number of aromatic amines is 1. The Morgan fingerprint density at radius 1 is 1.02 bits per heavy atom. The third-order valence-electron chi connectivity index (χ3n) is 7.82. The normalized spacial score (nSPS) is 18.5. The van der Waals surface area contributed by atoms with E-state index in [0.717, 1.165) is 38.9 Å². The first kappa shape index (κ1) is 28.0. The lowest BCUT2D eigenvalue weighted by molar-refractivity contribution is -0.126. The van der Waals surface area contributed by atoms with Crippen molar-refractivity contribution in [3.05, 3.63) is 89.2 Å². The molecule has 1 aliphatic rings. The molecular formula is C31H34FN3O4S. The quantitative estimate of drug-likeness (QED) is 0.227. The lowest BCUT2D eigenvalue weighted by atomic mass is 9.85. The number of carbonyl (C=O) groups is 1. The van der Waals surface area contributed by atoms with Gasteiger partial charge in [0.25, 0.3) is 0 Å². The number of amides is 1. The summed E-state index contributed by atoms with van der Waals surface area (Å²) >= 11 is 0. The summed E-state index contributed by atoms with van der Waals surface area (Å²) in [6.45, 7) is 3.82. The minimum Gasteiger partial charge on any atom is -0.392 e. The van der Waals surface area contributed by atoms with Crippen LogP contribution in [0.5, 0.6) is 0 Å². The molecule has 7 nitrogen and oxygen atoms in total. The average Bonchev–Trinajstić information content (AvgIpc) is 3.36. The summed E-state index contributed by atoms with van der Waals surface area (Å²) in [5.41, 5.74) is 5.28. The van der Waals surface area contributed by atoms with Gasteiger partial charge in [0.1, 0.15) is 5.82 Å². The number of aromatic nitrogens is 1. The molecule has 0 bridgehead atoms. The summed E-state index contributed by atoms with van der Waals surface area (Å²) in [7, 11) is -3.75. The molecule has 0 saturated heterocycles. The number of benzene rings is 3. The summed E-state index contributed by atoms with van der Waals surface area (Å²) in [4.78, 5) is 16.3. The van der Waals surface area contributed by atoms with Gasteiger partial charge in [0.2, 0.25) is 15.9 Å². The van der Waals surface area contributed by atoms with Crippen molar-refractivity contribution in [1.82, 2.24) is 15.0 Å². The summed E-state index contributed by atoms with van der Waals surface area (Å²) in [6, 6.07) is 18.4. The molecule has 1 aliphatic carbocycles. The predicted octanol–water partition coefficient (Wildman–Crippen LogP) is 5.49. The lowest BCUT2D eigenvalue weighted by Gasteiger charge is -2.29. The molecule has 4 N–H and O–H groups in total. The van der Waals surface area contributed by atoms with Gasteiger partial charge in [0.05, 0.1) is 17.5 Å². The van der Waals surface area contributed by atoms with Crippen molar-refractivity contribution in [3.8, 4) is 11.3 Å². The van der Waals surface area contributed by atoms with Crippen LogP contribution < -0.4 is 10.0 Å². The highest BCUT2D eigenvalue weighted by molar-refractivity contribution is 7.89. The van der Waals surface area contributed by atoms with E-state index in [4.69, 9.17) is 0 Å². The number of sulfonamides is 1. The zero-order chi connectivity index (χ0) is 28.4. The van der Waals surface area contributed by atoms with Crippen LogP contribution in [0.2, 0.25) is 0 Å². The molecule has 210 valence electrons. The Hall–Kier alpha value is -3.53. The molecule has 1 fully saturated rings. The number of rotatable bonds is 8. The minimum absolute atomic E-state index is 0.0202. The number of nitrogens with one attached hydrogen (secondary N) is 3. The topological polar surface area (TPSA) is 111 Å². The molecule has 1 saturated carbocycles. The van der Waals surface area contributed by atoms with Gasteiger partial charge >= 0.3 is 0 Å². The summed E-state index contributed by atoms with van der Waals surface area (Å²) in [6.07, 6.45) is 2.31. The fourth-order valence-electron chi connectivity index (χ4n) is 5.47. The maximum Gasteiger partial charge on any atom is 0.240 e. The monoisotopic (exact) mass is 563 g/mol. The second-order valence-corrected chi connectivity index (χ2v) is 12.4. The number of fused-ring (bicyclic) bond motifs is 1. The Balaban J connectivity index is 1.21. The van der Waals surface area contributed by atoms with Gasteiger partial charge in [-0.2, -0.15) is 0 Å². The summed E-state index contributed by atoms with van der Waals surface area (Å²) < 4.78 is 42.5. The molecule has 1 amide bonds. The van der Waals surface area contributed by atoms with Crippen LogP contribution >= 0.6 is 0 Å². The van der Waals surface area contributed by atoms with E-state index in [-0.39, 0.29) is 41.2 Å². The maximum absolute atomic E-state index is 13.2. The standard InChI is InChI=1S/C31H34FN3O4S/c1-19-15-21(18-36)3-14-28(19)30-16-24-8-13-27(17-29(24)34-30)40(38,39)35-26-11-6-23(7-12-26)31(37)33-20(2)22-4-9-25(32)10-5-22/h3-5,8-10,13-17,20,23,26,34-36H,6-7,11-12,18H2,1-2H3,(H,33,37)/t20-,23?,26?/m1/s1. The first-order chi connectivity index (χ1) is 19.1. The van der Waals surface area contributed by atoms with Crippen molar-refractivity contribution in [2.24, 2.45) is 5.92 Å². The van der Waals surface area contributed by atoms with Crippen LogP contribution in [-0.4, -0.2) is 30.5 Å². The van der Waals surface area contributed by atoms with Crippen molar-refractivity contribution in [3.63, 3.8) is 0 Å². The zero-order valence-corrected chi connectivity index (χ0v) is 23.4. The zero-order valence-electron chi connectivity index (χ0n) is 22.6. The Kier molecular flexibility index (Phi) is 8.07. The Morgan fingerprint density at radius 2 is 1.75 bits per heavy atom. The largest absolute Gasteiger partial charge is 0.392 e. The number of carbonyl (C=O) groups excluding carboxylic acids is 1. The molecular weight excluding hydrogens is 529 g/mol. The Bertz CT molecular complexity index is 1620. The van der Waals surface area contributed by atoms with Crippen molar-refractivity contribution >= 4 is 26.8 Å². The van der Waals surface area contributed by atoms with Crippen LogP contribution in [-0.2, 0) is 21.4 Å². The molecule has 1 atom stereocenters. The number of hydrogen-bond acceptors (Lipinski definition) is 4. The highest BCUT2D eigenvalue weighted by Crippen LogP contribution is 2.30. The molecule has 0 aliphatic heterocycles. The third-order valence-corrected chi connectivity index (χ3v) is 9.33. The van der Waals surface area contributed by atoms with E-state index in [1.54, 1.807) is 30.3 Å². The fraction of sp³-hybridized carbons (Fsp3) is 0.323. The summed E-state index contributed by atoms with van der Waals surface area (Å²) in [5, 5.41) is 13.3. The maximum atomic E-state index is 13.2. The second-order valence-electron chi connectivity index (χ2n) is 10.7. The van der Waals surface area contributed by atoms with Gasteiger partial charge in [-0.1, -0.05) is 36.4 Å². The molecule has 0 spiro atoms. The van der Waals surface area contributed by atoms with Crippen LogP contribution in [0.1, 0.15) is 55.3 Å². The smallest absolute Gasteiger partial charge is 0.240 e. The number of hydrogen-bond donors (Lipinski definition) is 4. The van der Waals surface area contributed by atoms with Gasteiger partial charge in [0, 0.05) is 34.1 Å². The third kappa shape index (κ3) is 6.11. The second kappa shape index (κ2) is 11.5. The van der Waals surface area contributed by atoms with Gasteiger partial charge in [-0.3, -0.25) is 4.79 Å². The van der Waals surface area contributed by atoms with Crippen molar-refractivity contribution in [2.45, 2.75) is 63.1 Å². The van der Waals surface area contributed by atoms with Crippen molar-refractivity contribution in [1.29, 1.82) is 0 Å². The highest BCUT2D eigenvalue weighted by Gasteiger charge is 2.30. The number of halogens is 1. The van der Waals surface area contributed by atoms with Crippen LogP contribution in [0.4, 0.5) is 4.39 Å². The van der Waals surface area contributed by atoms with Crippen LogP contribution in [0, 0.1) is 18.7 Å². The molecule has 40 heavy (non-hydrogen) atoms. The lowest BCUT2D eigenvalue weighted by Crippen LogP contribution is -2.41. The van der Waals surface area contributed by atoms with E-state index in [0.29, 0.717) is 25.7 Å². The fourth-order valence-corrected chi connectivity index (χ4v) is 6.80. The first-order valence-electron chi connectivity index (χ1n) is 13.5. The summed E-state index contributed by atoms with van der Waals surface area (Å²) in [5.74, 6) is -0.569. The number of aliphatic hydroxyl groups is 1. The van der Waals surface area contributed by atoms with E-state index in [1.165, 1.54) is 12.1 Å². The number of H-pyrrole nitrogens is 1. The highest BCUT2D eigenvalue weighted by atomic mass is 32.2. The molecule has 1 heterocycles. The molecule has 4 aromatic rings. The Labute approximate surface area is 233 Å². The van der Waals surface area contributed by atoms with E-state index < -0.39 is 10.0 Å². The van der Waals surface area contributed by atoms with Crippen LogP contribution in [0.15, 0.2) is 71.6 Å². The van der Waals surface area contributed by atoms with Gasteiger partial charge in [-0.15, -0.1) is 0 Å². The van der Waals surface area contributed by atoms with E-state index in [1.807, 2.05) is 38.1 Å². The molecule has 0 radical (unpaired) electrons. The van der Waals surface area contributed by atoms with Gasteiger partial charge in [-0.25, -0.2) is 17.5 Å². The van der Waals surface area contributed by atoms with Crippen molar-refractivity contribution in [2.75, 3.05) is 0 Å². The first-order valence-corrected chi connectivity index (χ1v) is 15.0. The predicted molar refractivity (Wildman–Crippen MR) is 153 cm³/mol. The molecule has 1 aromatic heterocycles.